The Morgan fingerprint density at radius 2 is 1.94 bits per heavy atom. The Morgan fingerprint density at radius 1 is 1.33 bits per heavy atom. The molecule has 0 spiro atoms. The van der Waals surface area contributed by atoms with E-state index < -0.39 is 21.8 Å². The van der Waals surface area contributed by atoms with Crippen molar-refractivity contribution in [3.63, 3.8) is 0 Å². The van der Waals surface area contributed by atoms with Crippen LogP contribution in [0.25, 0.3) is 0 Å². The van der Waals surface area contributed by atoms with Crippen molar-refractivity contribution in [1.82, 2.24) is 14.3 Å². The highest BCUT2D eigenvalue weighted by molar-refractivity contribution is 7.87. The van der Waals surface area contributed by atoms with Crippen LogP contribution >= 0.6 is 0 Å². The molecule has 1 aliphatic rings. The first-order chi connectivity index (χ1) is 8.10. The van der Waals surface area contributed by atoms with Crippen LogP contribution in [0.15, 0.2) is 0 Å². The Bertz CT molecular complexity index is 400. The van der Waals surface area contributed by atoms with E-state index in [4.69, 9.17) is 0 Å². The number of carbonyl (C=O) groups excluding carboxylic acids is 1. The SMILES string of the molecule is CC1CCCN(S(=O)(=O)NC(=O)NC(C)(C)C)C1. The highest BCUT2D eigenvalue weighted by atomic mass is 32.2. The molecule has 1 aliphatic heterocycles. The second-order valence-electron chi connectivity index (χ2n) is 5.92. The quantitative estimate of drug-likeness (QED) is 0.792. The van der Waals surface area contributed by atoms with Crippen LogP contribution in [0.4, 0.5) is 4.79 Å². The number of nitrogens with zero attached hydrogens (tertiary/aromatic N) is 1. The third-order valence-corrected chi connectivity index (χ3v) is 4.12. The van der Waals surface area contributed by atoms with E-state index in [1.165, 1.54) is 4.31 Å². The van der Waals surface area contributed by atoms with E-state index >= 15 is 0 Å². The lowest BCUT2D eigenvalue weighted by Gasteiger charge is -2.30. The highest BCUT2D eigenvalue weighted by Crippen LogP contribution is 2.17. The van der Waals surface area contributed by atoms with Crippen molar-refractivity contribution in [1.29, 1.82) is 0 Å². The molecule has 1 fully saturated rings. The highest BCUT2D eigenvalue weighted by Gasteiger charge is 2.29. The molecule has 106 valence electrons. The van der Waals surface area contributed by atoms with Gasteiger partial charge in [-0.15, -0.1) is 0 Å². The number of hydrogen-bond donors (Lipinski definition) is 2. The topological polar surface area (TPSA) is 78.5 Å². The second kappa shape index (κ2) is 5.44. The fourth-order valence-corrected chi connectivity index (χ4v) is 3.15. The first-order valence-corrected chi connectivity index (χ1v) is 7.64. The number of nitrogens with one attached hydrogen (secondary N) is 2. The lowest BCUT2D eigenvalue weighted by atomic mass is 10.0. The zero-order chi connectivity index (χ0) is 14.0. The molecule has 2 N–H and O–H groups in total. The summed E-state index contributed by atoms with van der Waals surface area (Å²) in [6.45, 7) is 8.34. The fraction of sp³-hybridized carbons (Fsp3) is 0.909. The van der Waals surface area contributed by atoms with Crippen LogP contribution in [0.1, 0.15) is 40.5 Å². The number of carbonyl (C=O) groups is 1. The van der Waals surface area contributed by atoms with Crippen molar-refractivity contribution in [3.8, 4) is 0 Å². The lowest BCUT2D eigenvalue weighted by molar-refractivity contribution is 0.234. The number of amides is 2. The predicted octanol–water partition coefficient (Wildman–Crippen LogP) is 1.06. The van der Waals surface area contributed by atoms with Gasteiger partial charge in [-0.3, -0.25) is 0 Å². The van der Waals surface area contributed by atoms with Gasteiger partial charge in [0.05, 0.1) is 0 Å². The summed E-state index contributed by atoms with van der Waals surface area (Å²) < 4.78 is 27.4. The molecule has 1 rings (SSSR count). The molecule has 0 aromatic rings. The van der Waals surface area contributed by atoms with Gasteiger partial charge in [-0.1, -0.05) is 6.92 Å². The van der Waals surface area contributed by atoms with Crippen LogP contribution in [0.3, 0.4) is 0 Å². The Labute approximate surface area is 109 Å². The van der Waals surface area contributed by atoms with E-state index in [9.17, 15) is 13.2 Å². The van der Waals surface area contributed by atoms with Gasteiger partial charge in [0, 0.05) is 18.6 Å². The fourth-order valence-electron chi connectivity index (χ4n) is 1.91. The normalized spacial score (nSPS) is 22.6. The Morgan fingerprint density at radius 3 is 2.44 bits per heavy atom. The largest absolute Gasteiger partial charge is 0.333 e. The maximum absolute atomic E-state index is 12.0. The average molecular weight is 277 g/mol. The third kappa shape index (κ3) is 4.81. The Balaban J connectivity index is 2.61. The van der Waals surface area contributed by atoms with Gasteiger partial charge in [0.15, 0.2) is 0 Å². The molecular weight excluding hydrogens is 254 g/mol. The van der Waals surface area contributed by atoms with Crippen molar-refractivity contribution in [3.05, 3.63) is 0 Å². The number of urea groups is 1. The molecular formula is C11H23N3O3S. The minimum absolute atomic E-state index is 0.334. The summed E-state index contributed by atoms with van der Waals surface area (Å²) in [4.78, 5) is 11.6. The van der Waals surface area contributed by atoms with Gasteiger partial charge in [0.1, 0.15) is 0 Å². The summed E-state index contributed by atoms with van der Waals surface area (Å²) in [7, 11) is -3.72. The molecule has 1 saturated heterocycles. The zero-order valence-corrected chi connectivity index (χ0v) is 12.3. The van der Waals surface area contributed by atoms with Crippen LogP contribution < -0.4 is 10.0 Å². The summed E-state index contributed by atoms with van der Waals surface area (Å²) in [6.07, 6.45) is 1.86. The lowest BCUT2D eigenvalue weighted by Crippen LogP contribution is -2.53. The smallest absolute Gasteiger partial charge is 0.329 e. The average Bonchev–Trinajstić information content (AvgIpc) is 2.13. The summed E-state index contributed by atoms with van der Waals surface area (Å²) in [6, 6.07) is -0.680. The van der Waals surface area contributed by atoms with Crippen molar-refractivity contribution < 1.29 is 13.2 Å². The summed E-state index contributed by atoms with van der Waals surface area (Å²) in [5.41, 5.74) is -0.463. The monoisotopic (exact) mass is 277 g/mol. The van der Waals surface area contributed by atoms with Crippen LogP contribution in [-0.2, 0) is 10.2 Å². The van der Waals surface area contributed by atoms with Gasteiger partial charge in [-0.2, -0.15) is 12.7 Å². The van der Waals surface area contributed by atoms with Gasteiger partial charge in [-0.05, 0) is 39.5 Å². The van der Waals surface area contributed by atoms with Crippen LogP contribution in [0.2, 0.25) is 0 Å². The van der Waals surface area contributed by atoms with Gasteiger partial charge >= 0.3 is 16.2 Å². The molecule has 1 atom stereocenters. The Kier molecular flexibility index (Phi) is 4.61. The standard InChI is InChI=1S/C11H23N3O3S/c1-9-6-5-7-14(8-9)18(16,17)13-10(15)12-11(2,3)4/h9H,5-8H2,1-4H3,(H2,12,13,15). The molecule has 1 unspecified atom stereocenters. The van der Waals surface area contributed by atoms with Crippen molar-refractivity contribution >= 4 is 16.2 Å². The van der Waals surface area contributed by atoms with E-state index in [1.807, 2.05) is 6.92 Å². The van der Waals surface area contributed by atoms with Crippen LogP contribution in [0, 0.1) is 5.92 Å². The van der Waals surface area contributed by atoms with E-state index in [1.54, 1.807) is 20.8 Å². The minimum Gasteiger partial charge on any atom is -0.333 e. The van der Waals surface area contributed by atoms with E-state index in [0.717, 1.165) is 12.8 Å². The molecule has 18 heavy (non-hydrogen) atoms. The molecule has 0 aromatic heterocycles. The predicted molar refractivity (Wildman–Crippen MR) is 70.3 cm³/mol. The molecule has 6 nitrogen and oxygen atoms in total. The van der Waals surface area contributed by atoms with Gasteiger partial charge < -0.3 is 5.32 Å². The molecule has 0 bridgehead atoms. The van der Waals surface area contributed by atoms with Crippen molar-refractivity contribution in [2.24, 2.45) is 5.92 Å². The van der Waals surface area contributed by atoms with Gasteiger partial charge in [0.25, 0.3) is 0 Å². The number of piperidine rings is 1. The molecule has 0 aromatic carbocycles. The molecule has 0 radical (unpaired) electrons. The maximum Gasteiger partial charge on any atom is 0.329 e. The minimum atomic E-state index is -3.72. The van der Waals surface area contributed by atoms with E-state index in [2.05, 4.69) is 10.0 Å². The molecule has 0 saturated carbocycles. The van der Waals surface area contributed by atoms with Crippen LogP contribution in [0.5, 0.6) is 0 Å². The molecule has 1 heterocycles. The van der Waals surface area contributed by atoms with Gasteiger partial charge in [0.2, 0.25) is 0 Å². The van der Waals surface area contributed by atoms with E-state index in [-0.39, 0.29) is 0 Å². The summed E-state index contributed by atoms with van der Waals surface area (Å²) in [5.74, 6) is 0.334. The first kappa shape index (κ1) is 15.2. The van der Waals surface area contributed by atoms with Crippen molar-refractivity contribution in [2.75, 3.05) is 13.1 Å². The summed E-state index contributed by atoms with van der Waals surface area (Å²) in [5, 5.41) is 2.57. The number of rotatable bonds is 2. The first-order valence-electron chi connectivity index (χ1n) is 6.20. The van der Waals surface area contributed by atoms with E-state index in [0.29, 0.717) is 19.0 Å². The molecule has 0 aliphatic carbocycles. The Hall–Kier alpha value is -0.820. The second-order valence-corrected chi connectivity index (χ2v) is 7.59. The van der Waals surface area contributed by atoms with Crippen molar-refractivity contribution in [2.45, 2.75) is 46.1 Å². The molecule has 7 heteroatoms. The summed E-state index contributed by atoms with van der Waals surface area (Å²) >= 11 is 0. The van der Waals surface area contributed by atoms with Gasteiger partial charge in [-0.25, -0.2) is 9.52 Å². The molecule has 2 amide bonds. The maximum atomic E-state index is 12.0. The zero-order valence-electron chi connectivity index (χ0n) is 11.5. The third-order valence-electron chi connectivity index (χ3n) is 2.67. The number of hydrogen-bond acceptors (Lipinski definition) is 3. The van der Waals surface area contributed by atoms with Crippen LogP contribution in [-0.4, -0.2) is 37.4 Å².